The van der Waals surface area contributed by atoms with Gasteiger partial charge in [0.2, 0.25) is 0 Å². The summed E-state index contributed by atoms with van der Waals surface area (Å²) in [6, 6.07) is 1.98. The van der Waals surface area contributed by atoms with Gasteiger partial charge in [0.1, 0.15) is 6.54 Å². The van der Waals surface area contributed by atoms with Crippen LogP contribution >= 0.6 is 24.0 Å². The number of nitrogens with one attached hydrogen (secondary N) is 2. The van der Waals surface area contributed by atoms with Crippen molar-refractivity contribution >= 4 is 29.9 Å². The molecule has 24 heavy (non-hydrogen) atoms. The van der Waals surface area contributed by atoms with Gasteiger partial charge in [-0.15, -0.1) is 24.0 Å². The lowest BCUT2D eigenvalue weighted by atomic mass is 10.1. The molecule has 0 fully saturated rings. The van der Waals surface area contributed by atoms with Crippen LogP contribution in [-0.4, -0.2) is 37.4 Å². The van der Waals surface area contributed by atoms with Gasteiger partial charge in [0.05, 0.1) is 18.9 Å². The minimum atomic E-state index is 0. The number of hydrogen-bond donors (Lipinski definition) is 2. The predicted molar refractivity (Wildman–Crippen MR) is 107 cm³/mol. The van der Waals surface area contributed by atoms with E-state index < -0.39 is 0 Å². The lowest BCUT2D eigenvalue weighted by molar-refractivity contribution is 0.153. The Labute approximate surface area is 161 Å². The minimum Gasteiger partial charge on any atom is -0.377 e. The molecule has 2 heterocycles. The molecule has 0 saturated carbocycles. The number of guanidine groups is 1. The van der Waals surface area contributed by atoms with Crippen LogP contribution in [0.3, 0.4) is 0 Å². The van der Waals surface area contributed by atoms with Gasteiger partial charge in [-0.3, -0.25) is 0 Å². The van der Waals surface area contributed by atoms with Gasteiger partial charge >= 0.3 is 0 Å². The van der Waals surface area contributed by atoms with Gasteiger partial charge in [-0.1, -0.05) is 30.7 Å². The van der Waals surface area contributed by atoms with E-state index in [9.17, 15) is 0 Å². The zero-order valence-corrected chi connectivity index (χ0v) is 17.1. The first-order valence-corrected chi connectivity index (χ1v) is 8.42. The Hall–Kier alpha value is -1.09. The number of rotatable bonds is 7. The first-order chi connectivity index (χ1) is 11.2. The van der Waals surface area contributed by atoms with E-state index in [0.717, 1.165) is 56.6 Å². The van der Waals surface area contributed by atoms with E-state index in [1.807, 2.05) is 6.07 Å². The third-order valence-corrected chi connectivity index (χ3v) is 3.70. The Morgan fingerprint density at radius 2 is 2.21 bits per heavy atom. The van der Waals surface area contributed by atoms with Gasteiger partial charge < -0.3 is 19.9 Å². The maximum Gasteiger partial charge on any atom is 0.191 e. The molecule has 0 radical (unpaired) electrons. The lowest BCUT2D eigenvalue weighted by Crippen LogP contribution is -2.37. The third-order valence-electron chi connectivity index (χ3n) is 3.70. The number of hydrogen-bond acceptors (Lipinski definition) is 4. The quantitative estimate of drug-likeness (QED) is 0.290. The SMILES string of the molecule is CCNC(=NCc1cc(C(C)C)no1)NCCC1=CCOCC1.I. The molecule has 2 rings (SSSR count). The number of aromatic nitrogens is 1. The Balaban J connectivity index is 0.00000288. The maximum atomic E-state index is 5.32. The van der Waals surface area contributed by atoms with Gasteiger partial charge in [-0.25, -0.2) is 4.99 Å². The van der Waals surface area contributed by atoms with Gasteiger partial charge in [-0.2, -0.15) is 0 Å². The van der Waals surface area contributed by atoms with Crippen LogP contribution in [0.1, 0.15) is 51.0 Å². The highest BCUT2D eigenvalue weighted by Crippen LogP contribution is 2.14. The standard InChI is InChI=1S/C17H28N4O2.HI/c1-4-18-17(19-8-5-14-6-9-22-10-7-14)20-12-15-11-16(13(2)3)21-23-15;/h6,11,13H,4-5,7-10,12H2,1-3H3,(H2,18,19,20);1H. The average molecular weight is 448 g/mol. The summed E-state index contributed by atoms with van der Waals surface area (Å²) in [5.74, 6) is 1.97. The summed E-state index contributed by atoms with van der Waals surface area (Å²) in [7, 11) is 0. The number of ether oxygens (including phenoxy) is 1. The maximum absolute atomic E-state index is 5.32. The molecule has 0 spiro atoms. The first-order valence-electron chi connectivity index (χ1n) is 8.42. The van der Waals surface area contributed by atoms with Crippen LogP contribution in [0.2, 0.25) is 0 Å². The smallest absolute Gasteiger partial charge is 0.191 e. The molecule has 6 nitrogen and oxygen atoms in total. The van der Waals surface area contributed by atoms with Crippen LogP contribution in [0.25, 0.3) is 0 Å². The molecule has 0 bridgehead atoms. The van der Waals surface area contributed by atoms with Crippen molar-refractivity contribution in [3.05, 3.63) is 29.2 Å². The molecule has 1 aromatic rings. The fraction of sp³-hybridized carbons (Fsp3) is 0.647. The van der Waals surface area contributed by atoms with E-state index in [2.05, 4.69) is 47.6 Å². The van der Waals surface area contributed by atoms with E-state index in [4.69, 9.17) is 9.26 Å². The summed E-state index contributed by atoms with van der Waals surface area (Å²) in [5.41, 5.74) is 2.43. The number of aliphatic imine (C=N–C) groups is 1. The van der Waals surface area contributed by atoms with Crippen LogP contribution in [0, 0.1) is 0 Å². The molecule has 1 aliphatic heterocycles. The van der Waals surface area contributed by atoms with E-state index in [1.54, 1.807) is 0 Å². The summed E-state index contributed by atoms with van der Waals surface area (Å²) in [5, 5.41) is 10.7. The zero-order chi connectivity index (χ0) is 16.5. The molecule has 0 saturated heterocycles. The molecular weight excluding hydrogens is 419 g/mol. The zero-order valence-electron chi connectivity index (χ0n) is 14.8. The van der Waals surface area contributed by atoms with Crippen molar-refractivity contribution in [3.63, 3.8) is 0 Å². The van der Waals surface area contributed by atoms with Crippen molar-refractivity contribution in [2.45, 2.75) is 46.1 Å². The molecule has 7 heteroatoms. The topological polar surface area (TPSA) is 71.7 Å². The Kier molecular flexibility index (Phi) is 10.0. The van der Waals surface area contributed by atoms with Gasteiger partial charge in [0.25, 0.3) is 0 Å². The van der Waals surface area contributed by atoms with Crippen LogP contribution in [0.15, 0.2) is 27.2 Å². The molecule has 0 unspecified atom stereocenters. The minimum absolute atomic E-state index is 0. The van der Waals surface area contributed by atoms with Crippen LogP contribution in [0.5, 0.6) is 0 Å². The number of halogens is 1. The highest BCUT2D eigenvalue weighted by Gasteiger charge is 2.08. The second-order valence-corrected chi connectivity index (χ2v) is 5.93. The molecule has 0 aliphatic carbocycles. The van der Waals surface area contributed by atoms with Crippen molar-refractivity contribution in [1.82, 2.24) is 15.8 Å². The third kappa shape index (κ3) is 7.21. The molecule has 2 N–H and O–H groups in total. The van der Waals surface area contributed by atoms with Crippen molar-refractivity contribution < 1.29 is 9.26 Å². The second-order valence-electron chi connectivity index (χ2n) is 5.93. The molecule has 0 aromatic carbocycles. The summed E-state index contributed by atoms with van der Waals surface area (Å²) in [4.78, 5) is 4.56. The van der Waals surface area contributed by atoms with E-state index >= 15 is 0 Å². The fourth-order valence-electron chi connectivity index (χ4n) is 2.31. The highest BCUT2D eigenvalue weighted by molar-refractivity contribution is 14.0. The Bertz CT molecular complexity index is 540. The Morgan fingerprint density at radius 3 is 2.83 bits per heavy atom. The molecule has 136 valence electrons. The summed E-state index contributed by atoms with van der Waals surface area (Å²) >= 11 is 0. The second kappa shape index (κ2) is 11.5. The van der Waals surface area contributed by atoms with Crippen molar-refractivity contribution in [1.29, 1.82) is 0 Å². The molecular formula is C17H29IN4O2. The summed E-state index contributed by atoms with van der Waals surface area (Å²) in [6.45, 7) is 10.0. The predicted octanol–water partition coefficient (Wildman–Crippen LogP) is 3.21. The van der Waals surface area contributed by atoms with E-state index in [0.29, 0.717) is 12.5 Å². The van der Waals surface area contributed by atoms with Gasteiger partial charge in [0, 0.05) is 19.2 Å². The lowest BCUT2D eigenvalue weighted by Gasteiger charge is -2.15. The van der Waals surface area contributed by atoms with E-state index in [-0.39, 0.29) is 24.0 Å². The summed E-state index contributed by atoms with van der Waals surface area (Å²) < 4.78 is 10.6. The first kappa shape index (κ1) is 21.0. The number of nitrogens with zero attached hydrogens (tertiary/aromatic N) is 2. The fourth-order valence-corrected chi connectivity index (χ4v) is 2.31. The largest absolute Gasteiger partial charge is 0.377 e. The Morgan fingerprint density at radius 1 is 1.38 bits per heavy atom. The summed E-state index contributed by atoms with van der Waals surface area (Å²) in [6.07, 6.45) is 4.23. The molecule has 1 aliphatic rings. The van der Waals surface area contributed by atoms with Crippen LogP contribution in [-0.2, 0) is 11.3 Å². The highest BCUT2D eigenvalue weighted by atomic mass is 127. The van der Waals surface area contributed by atoms with Crippen LogP contribution in [0.4, 0.5) is 0 Å². The van der Waals surface area contributed by atoms with Crippen molar-refractivity contribution in [2.24, 2.45) is 4.99 Å². The van der Waals surface area contributed by atoms with Crippen molar-refractivity contribution in [3.8, 4) is 0 Å². The van der Waals surface area contributed by atoms with Gasteiger partial charge in [0.15, 0.2) is 11.7 Å². The monoisotopic (exact) mass is 448 g/mol. The van der Waals surface area contributed by atoms with Gasteiger partial charge in [-0.05, 0) is 25.7 Å². The average Bonchev–Trinajstić information content (AvgIpc) is 3.03. The van der Waals surface area contributed by atoms with Crippen LogP contribution < -0.4 is 10.6 Å². The van der Waals surface area contributed by atoms with E-state index in [1.165, 1.54) is 5.57 Å². The van der Waals surface area contributed by atoms with Crippen molar-refractivity contribution in [2.75, 3.05) is 26.3 Å². The normalized spacial score (nSPS) is 15.0. The molecule has 0 atom stereocenters. The molecule has 1 aromatic heterocycles. The molecule has 0 amide bonds.